The summed E-state index contributed by atoms with van der Waals surface area (Å²) in [5, 5.41) is 2.62. The Kier molecular flexibility index (Phi) is 7.43. The Morgan fingerprint density at radius 1 is 1.32 bits per heavy atom. The largest absolute Gasteiger partial charge is 0.382 e. The highest BCUT2D eigenvalue weighted by atomic mass is 32.2. The number of halogens is 1. The van der Waals surface area contributed by atoms with Crippen molar-refractivity contribution in [3.63, 3.8) is 0 Å². The lowest BCUT2D eigenvalue weighted by Gasteiger charge is -2.14. The minimum atomic E-state index is -3.86. The van der Waals surface area contributed by atoms with Gasteiger partial charge in [0.05, 0.1) is 10.9 Å². The first-order valence-electron chi connectivity index (χ1n) is 7.00. The average molecular weight is 332 g/mol. The van der Waals surface area contributed by atoms with Gasteiger partial charge in [0.15, 0.2) is 0 Å². The molecule has 8 heteroatoms. The van der Waals surface area contributed by atoms with Crippen LogP contribution in [0.15, 0.2) is 29.2 Å². The number of nitrogens with one attached hydrogen (secondary N) is 2. The lowest BCUT2D eigenvalue weighted by molar-refractivity contribution is -0.122. The fraction of sp³-hybridized carbons (Fsp3) is 0.500. The zero-order valence-electron chi connectivity index (χ0n) is 12.6. The van der Waals surface area contributed by atoms with Crippen LogP contribution < -0.4 is 10.0 Å². The van der Waals surface area contributed by atoms with Gasteiger partial charge in [-0.05, 0) is 44.5 Å². The Balaban J connectivity index is 2.50. The number of sulfonamides is 1. The van der Waals surface area contributed by atoms with Crippen LogP contribution >= 0.6 is 0 Å². The molecule has 0 heterocycles. The highest BCUT2D eigenvalue weighted by molar-refractivity contribution is 7.89. The fourth-order valence-electron chi connectivity index (χ4n) is 1.65. The molecule has 1 amide bonds. The van der Waals surface area contributed by atoms with E-state index in [1.54, 1.807) is 0 Å². The highest BCUT2D eigenvalue weighted by Gasteiger charge is 2.21. The topological polar surface area (TPSA) is 84.5 Å². The third-order valence-corrected chi connectivity index (χ3v) is 4.37. The van der Waals surface area contributed by atoms with Gasteiger partial charge in [0, 0.05) is 19.8 Å². The third-order valence-electron chi connectivity index (χ3n) is 2.82. The lowest BCUT2D eigenvalue weighted by atomic mass is 10.3. The molecule has 6 nitrogen and oxygen atoms in total. The number of amides is 1. The van der Waals surface area contributed by atoms with E-state index in [0.29, 0.717) is 26.2 Å². The molecule has 124 valence electrons. The summed E-state index contributed by atoms with van der Waals surface area (Å²) in [6, 6.07) is 3.46. The van der Waals surface area contributed by atoms with Gasteiger partial charge in [-0.3, -0.25) is 4.79 Å². The van der Waals surface area contributed by atoms with E-state index in [1.165, 1.54) is 6.92 Å². The number of carbonyl (C=O) groups is 1. The van der Waals surface area contributed by atoms with Crippen LogP contribution in [0.4, 0.5) is 4.39 Å². The monoisotopic (exact) mass is 332 g/mol. The molecule has 1 aromatic carbocycles. The smallest absolute Gasteiger partial charge is 0.241 e. The van der Waals surface area contributed by atoms with Gasteiger partial charge in [0.25, 0.3) is 0 Å². The second-order valence-corrected chi connectivity index (χ2v) is 6.35. The summed E-state index contributed by atoms with van der Waals surface area (Å²) >= 11 is 0. The summed E-state index contributed by atoms with van der Waals surface area (Å²) < 4.78 is 44.3. The fourth-order valence-corrected chi connectivity index (χ4v) is 2.85. The molecule has 2 N–H and O–H groups in total. The molecule has 0 saturated heterocycles. The van der Waals surface area contributed by atoms with Gasteiger partial charge in [0.2, 0.25) is 15.9 Å². The summed E-state index contributed by atoms with van der Waals surface area (Å²) in [5.74, 6) is -0.957. The van der Waals surface area contributed by atoms with Gasteiger partial charge in [0.1, 0.15) is 5.82 Å². The number of rotatable bonds is 9. The maximum absolute atomic E-state index is 12.8. The van der Waals surface area contributed by atoms with Crippen LogP contribution in [0.5, 0.6) is 0 Å². The van der Waals surface area contributed by atoms with Gasteiger partial charge < -0.3 is 10.1 Å². The van der Waals surface area contributed by atoms with Crippen LogP contribution in [-0.4, -0.2) is 40.1 Å². The molecular formula is C14H21FN2O4S. The number of carbonyl (C=O) groups excluding carboxylic acids is 1. The van der Waals surface area contributed by atoms with Crippen molar-refractivity contribution < 1.29 is 22.3 Å². The summed E-state index contributed by atoms with van der Waals surface area (Å²) in [5.41, 5.74) is 0. The van der Waals surface area contributed by atoms with Crippen molar-refractivity contribution in [1.29, 1.82) is 0 Å². The van der Waals surface area contributed by atoms with Crippen LogP contribution in [0, 0.1) is 5.82 Å². The molecule has 0 spiro atoms. The number of hydrogen-bond donors (Lipinski definition) is 2. The molecule has 0 saturated carbocycles. The molecule has 1 atom stereocenters. The van der Waals surface area contributed by atoms with Gasteiger partial charge in [-0.25, -0.2) is 12.8 Å². The Bertz CT molecular complexity index is 575. The molecule has 0 aliphatic heterocycles. The quantitative estimate of drug-likeness (QED) is 0.662. The maximum atomic E-state index is 12.8. The highest BCUT2D eigenvalue weighted by Crippen LogP contribution is 2.10. The molecule has 22 heavy (non-hydrogen) atoms. The summed E-state index contributed by atoms with van der Waals surface area (Å²) in [4.78, 5) is 11.7. The van der Waals surface area contributed by atoms with Crippen LogP contribution in [0.3, 0.4) is 0 Å². The summed E-state index contributed by atoms with van der Waals surface area (Å²) in [6.07, 6.45) is 0.650. The van der Waals surface area contributed by atoms with E-state index < -0.39 is 27.8 Å². The lowest BCUT2D eigenvalue weighted by Crippen LogP contribution is -2.45. The van der Waals surface area contributed by atoms with Gasteiger partial charge >= 0.3 is 0 Å². The van der Waals surface area contributed by atoms with Crippen molar-refractivity contribution in [3.8, 4) is 0 Å². The van der Waals surface area contributed by atoms with E-state index in [1.807, 2.05) is 6.92 Å². The summed E-state index contributed by atoms with van der Waals surface area (Å²) in [6.45, 7) is 4.87. The van der Waals surface area contributed by atoms with Crippen molar-refractivity contribution >= 4 is 15.9 Å². The third kappa shape index (κ3) is 6.08. The molecule has 0 bridgehead atoms. The molecule has 0 fully saturated rings. The van der Waals surface area contributed by atoms with E-state index in [4.69, 9.17) is 4.74 Å². The molecule has 0 radical (unpaired) electrons. The Morgan fingerprint density at radius 2 is 1.95 bits per heavy atom. The number of benzene rings is 1. The Hall–Kier alpha value is -1.51. The van der Waals surface area contributed by atoms with Crippen molar-refractivity contribution in [2.75, 3.05) is 19.8 Å². The molecule has 0 aliphatic rings. The zero-order valence-corrected chi connectivity index (χ0v) is 13.5. The van der Waals surface area contributed by atoms with Crippen LogP contribution in [0.2, 0.25) is 0 Å². The van der Waals surface area contributed by atoms with Crippen LogP contribution in [0.25, 0.3) is 0 Å². The van der Waals surface area contributed by atoms with Crippen molar-refractivity contribution in [3.05, 3.63) is 30.1 Å². The van der Waals surface area contributed by atoms with Crippen LogP contribution in [-0.2, 0) is 19.6 Å². The van der Waals surface area contributed by atoms with E-state index in [-0.39, 0.29) is 4.90 Å². The second-order valence-electron chi connectivity index (χ2n) is 4.64. The Labute approximate surface area is 130 Å². The standard InChI is InChI=1S/C14H21FN2O4S/c1-3-21-10-4-9-16-14(18)11(2)17-22(19,20)13-7-5-12(15)6-8-13/h5-8,11,17H,3-4,9-10H2,1-2H3,(H,16,18)/t11-/m1/s1. The molecule has 1 aromatic rings. The first-order chi connectivity index (χ1) is 10.4. The summed E-state index contributed by atoms with van der Waals surface area (Å²) in [7, 11) is -3.86. The van der Waals surface area contributed by atoms with E-state index >= 15 is 0 Å². The normalized spacial score (nSPS) is 12.9. The van der Waals surface area contributed by atoms with E-state index in [0.717, 1.165) is 24.3 Å². The minimum absolute atomic E-state index is 0.0927. The predicted molar refractivity (Wildman–Crippen MR) is 80.3 cm³/mol. The molecule has 0 aliphatic carbocycles. The Morgan fingerprint density at radius 3 is 2.55 bits per heavy atom. The van der Waals surface area contributed by atoms with Crippen LogP contribution in [0.1, 0.15) is 20.3 Å². The SMILES string of the molecule is CCOCCCNC(=O)[C@@H](C)NS(=O)(=O)c1ccc(F)cc1. The first kappa shape index (κ1) is 18.5. The zero-order chi connectivity index (χ0) is 16.6. The van der Waals surface area contributed by atoms with Crippen molar-refractivity contribution in [1.82, 2.24) is 10.0 Å². The van der Waals surface area contributed by atoms with Crippen molar-refractivity contribution in [2.24, 2.45) is 0 Å². The molecule has 0 unspecified atom stereocenters. The van der Waals surface area contributed by atoms with Gasteiger partial charge in [-0.15, -0.1) is 0 Å². The minimum Gasteiger partial charge on any atom is -0.382 e. The average Bonchev–Trinajstić information content (AvgIpc) is 2.46. The predicted octanol–water partition coefficient (Wildman–Crippen LogP) is 1.04. The number of hydrogen-bond acceptors (Lipinski definition) is 4. The molecule has 1 rings (SSSR count). The molecular weight excluding hydrogens is 311 g/mol. The maximum Gasteiger partial charge on any atom is 0.241 e. The van der Waals surface area contributed by atoms with E-state index in [2.05, 4.69) is 10.0 Å². The number of ether oxygens (including phenoxy) is 1. The second kappa shape index (κ2) is 8.82. The first-order valence-corrected chi connectivity index (χ1v) is 8.48. The molecule has 0 aromatic heterocycles. The van der Waals surface area contributed by atoms with E-state index in [9.17, 15) is 17.6 Å². The van der Waals surface area contributed by atoms with Crippen molar-refractivity contribution in [2.45, 2.75) is 31.2 Å². The van der Waals surface area contributed by atoms with Gasteiger partial charge in [-0.2, -0.15) is 4.72 Å². The van der Waals surface area contributed by atoms with Gasteiger partial charge in [-0.1, -0.05) is 0 Å².